The van der Waals surface area contributed by atoms with E-state index in [1.807, 2.05) is 60.7 Å². The Hall–Kier alpha value is -3.83. The van der Waals surface area contributed by atoms with E-state index in [-0.39, 0.29) is 17.2 Å². The second-order valence-electron chi connectivity index (χ2n) is 7.19. The van der Waals surface area contributed by atoms with E-state index in [0.717, 1.165) is 22.3 Å². The van der Waals surface area contributed by atoms with Crippen LogP contribution < -0.4 is 10.1 Å². The highest BCUT2D eigenvalue weighted by Crippen LogP contribution is 2.28. The molecule has 0 unspecified atom stereocenters. The molecule has 0 aliphatic heterocycles. The van der Waals surface area contributed by atoms with Crippen LogP contribution in [0.2, 0.25) is 5.02 Å². The van der Waals surface area contributed by atoms with E-state index in [9.17, 15) is 9.90 Å². The van der Waals surface area contributed by atoms with E-state index >= 15 is 0 Å². The summed E-state index contributed by atoms with van der Waals surface area (Å²) in [5.41, 5.74) is 3.12. The molecule has 1 heterocycles. The highest BCUT2D eigenvalue weighted by Gasteiger charge is 2.15. The van der Waals surface area contributed by atoms with E-state index in [1.165, 1.54) is 0 Å². The van der Waals surface area contributed by atoms with Gasteiger partial charge in [0.25, 0.3) is 5.91 Å². The van der Waals surface area contributed by atoms with Gasteiger partial charge in [-0.1, -0.05) is 54.1 Å². The number of pyridine rings is 1. The van der Waals surface area contributed by atoms with Crippen LogP contribution in [0.4, 0.5) is 0 Å². The molecule has 0 saturated carbocycles. The maximum atomic E-state index is 12.6. The third-order valence-electron chi connectivity index (χ3n) is 5.03. The Morgan fingerprint density at radius 1 is 1.00 bits per heavy atom. The minimum Gasteiger partial charge on any atom is -0.505 e. The second kappa shape index (κ2) is 9.54. The number of fused-ring (bicyclic) bond motifs is 1. The number of rotatable bonds is 6. The third-order valence-corrected chi connectivity index (χ3v) is 5.28. The zero-order chi connectivity index (χ0) is 22.5. The van der Waals surface area contributed by atoms with Crippen molar-refractivity contribution >= 4 is 40.6 Å². The van der Waals surface area contributed by atoms with E-state index < -0.39 is 0 Å². The average Bonchev–Trinajstić information content (AvgIpc) is 2.83. The van der Waals surface area contributed by atoms with Crippen molar-refractivity contribution in [2.24, 2.45) is 0 Å². The predicted octanol–water partition coefficient (Wildman–Crippen LogP) is 5.70. The summed E-state index contributed by atoms with van der Waals surface area (Å²) in [6.07, 6.45) is 3.78. The first kappa shape index (κ1) is 21.4. The first-order valence-corrected chi connectivity index (χ1v) is 10.4. The van der Waals surface area contributed by atoms with Crippen LogP contribution in [0, 0.1) is 0 Å². The van der Waals surface area contributed by atoms with Crippen molar-refractivity contribution in [2.75, 3.05) is 7.11 Å². The van der Waals surface area contributed by atoms with Gasteiger partial charge in [-0.2, -0.15) is 0 Å². The molecule has 0 spiro atoms. The summed E-state index contributed by atoms with van der Waals surface area (Å²) < 4.78 is 5.17. The largest absolute Gasteiger partial charge is 0.505 e. The summed E-state index contributed by atoms with van der Waals surface area (Å²) >= 11 is 5.89. The maximum Gasteiger partial charge on any atom is 0.255 e. The Labute approximate surface area is 191 Å². The van der Waals surface area contributed by atoms with Crippen LogP contribution in [0.1, 0.15) is 27.2 Å². The number of amides is 1. The molecule has 0 fully saturated rings. The van der Waals surface area contributed by atoms with Crippen LogP contribution in [-0.2, 0) is 6.54 Å². The Morgan fingerprint density at radius 2 is 1.72 bits per heavy atom. The molecule has 4 aromatic rings. The molecule has 0 aliphatic rings. The highest BCUT2D eigenvalue weighted by molar-refractivity contribution is 6.30. The number of methoxy groups -OCH3 is 1. The number of nitrogens with zero attached hydrogens (tertiary/aromatic N) is 1. The third kappa shape index (κ3) is 4.90. The molecule has 0 bridgehead atoms. The van der Waals surface area contributed by atoms with Gasteiger partial charge < -0.3 is 15.2 Å². The number of ether oxygens (including phenoxy) is 1. The molecule has 2 N–H and O–H groups in total. The molecule has 0 atom stereocenters. The lowest BCUT2D eigenvalue weighted by Gasteiger charge is -2.09. The first-order chi connectivity index (χ1) is 15.5. The number of hydrogen-bond donors (Lipinski definition) is 2. The van der Waals surface area contributed by atoms with Crippen LogP contribution in [0.3, 0.4) is 0 Å². The van der Waals surface area contributed by atoms with Crippen molar-refractivity contribution in [1.82, 2.24) is 10.3 Å². The summed E-state index contributed by atoms with van der Waals surface area (Å²) in [5.74, 6) is 0.272. The van der Waals surface area contributed by atoms with E-state index in [4.69, 9.17) is 16.3 Å². The fourth-order valence-corrected chi connectivity index (χ4v) is 3.37. The standard InChI is InChI=1S/C26H21ClN2O3/c1-32-22-13-5-17(6-14-22)4-11-21-12-7-19-8-15-23(25(30)24(19)29-21)26(31)28-16-18-2-9-20(27)10-3-18/h2-15,30H,16H2,1H3,(H,28,31). The number of carbonyl (C=O) groups is 1. The van der Waals surface area contributed by atoms with Crippen LogP contribution in [0.25, 0.3) is 23.1 Å². The number of nitrogens with one attached hydrogen (secondary N) is 1. The Kier molecular flexibility index (Phi) is 6.38. The molecular weight excluding hydrogens is 424 g/mol. The monoisotopic (exact) mass is 444 g/mol. The van der Waals surface area contributed by atoms with Crippen LogP contribution in [-0.4, -0.2) is 23.1 Å². The van der Waals surface area contributed by atoms with Gasteiger partial charge in [-0.3, -0.25) is 4.79 Å². The summed E-state index contributed by atoms with van der Waals surface area (Å²) in [6.45, 7) is 0.325. The van der Waals surface area contributed by atoms with Gasteiger partial charge in [0, 0.05) is 17.0 Å². The molecule has 5 nitrogen and oxygen atoms in total. The average molecular weight is 445 g/mol. The van der Waals surface area contributed by atoms with E-state index in [2.05, 4.69) is 10.3 Å². The predicted molar refractivity (Wildman–Crippen MR) is 128 cm³/mol. The number of halogens is 1. The van der Waals surface area contributed by atoms with Gasteiger partial charge in [0.15, 0.2) is 5.75 Å². The second-order valence-corrected chi connectivity index (χ2v) is 7.62. The van der Waals surface area contributed by atoms with E-state index in [0.29, 0.717) is 22.8 Å². The van der Waals surface area contributed by atoms with Gasteiger partial charge in [-0.15, -0.1) is 0 Å². The zero-order valence-corrected chi connectivity index (χ0v) is 18.1. The van der Waals surface area contributed by atoms with Crippen molar-refractivity contribution < 1.29 is 14.6 Å². The molecule has 160 valence electrons. The molecule has 32 heavy (non-hydrogen) atoms. The fourth-order valence-electron chi connectivity index (χ4n) is 3.24. The van der Waals surface area contributed by atoms with E-state index in [1.54, 1.807) is 31.4 Å². The molecule has 0 aliphatic carbocycles. The van der Waals surface area contributed by atoms with Crippen LogP contribution in [0.15, 0.2) is 72.8 Å². The normalized spacial score (nSPS) is 11.1. The molecule has 0 radical (unpaired) electrons. The number of phenolic OH excluding ortho intramolecular Hbond substituents is 1. The molecule has 0 saturated heterocycles. The van der Waals surface area contributed by atoms with Gasteiger partial charge in [0.2, 0.25) is 0 Å². The van der Waals surface area contributed by atoms with Gasteiger partial charge >= 0.3 is 0 Å². The van der Waals surface area contributed by atoms with Crippen LogP contribution >= 0.6 is 11.6 Å². The number of phenols is 1. The van der Waals surface area contributed by atoms with Crippen molar-refractivity contribution in [3.8, 4) is 11.5 Å². The number of aromatic hydroxyl groups is 1. The minimum absolute atomic E-state index is 0.143. The van der Waals surface area contributed by atoms with Crippen molar-refractivity contribution in [3.63, 3.8) is 0 Å². The Balaban J connectivity index is 1.54. The summed E-state index contributed by atoms with van der Waals surface area (Å²) in [4.78, 5) is 17.2. The summed E-state index contributed by atoms with van der Waals surface area (Å²) in [6, 6.07) is 22.0. The molecule has 1 amide bonds. The Morgan fingerprint density at radius 3 is 2.44 bits per heavy atom. The summed E-state index contributed by atoms with van der Waals surface area (Å²) in [7, 11) is 1.63. The molecular formula is C26H21ClN2O3. The smallest absolute Gasteiger partial charge is 0.255 e. The lowest BCUT2D eigenvalue weighted by molar-refractivity contribution is 0.0948. The van der Waals surface area contributed by atoms with Crippen LogP contribution in [0.5, 0.6) is 11.5 Å². The minimum atomic E-state index is -0.375. The number of aromatic nitrogens is 1. The fraction of sp³-hybridized carbons (Fsp3) is 0.0769. The summed E-state index contributed by atoms with van der Waals surface area (Å²) in [5, 5.41) is 14.9. The first-order valence-electron chi connectivity index (χ1n) is 10.0. The number of benzene rings is 3. The van der Waals surface area contributed by atoms with Crippen molar-refractivity contribution in [2.45, 2.75) is 6.54 Å². The van der Waals surface area contributed by atoms with Gasteiger partial charge in [-0.25, -0.2) is 4.98 Å². The van der Waals surface area contributed by atoms with Gasteiger partial charge in [-0.05, 0) is 53.6 Å². The lowest BCUT2D eigenvalue weighted by Crippen LogP contribution is -2.22. The number of hydrogen-bond acceptors (Lipinski definition) is 4. The van der Waals surface area contributed by atoms with Gasteiger partial charge in [0.1, 0.15) is 11.3 Å². The molecule has 6 heteroatoms. The number of carbonyl (C=O) groups excluding carboxylic acids is 1. The quantitative estimate of drug-likeness (QED) is 0.400. The lowest BCUT2D eigenvalue weighted by atomic mass is 10.1. The van der Waals surface area contributed by atoms with Crippen molar-refractivity contribution in [1.29, 1.82) is 0 Å². The Bertz CT molecular complexity index is 1280. The topological polar surface area (TPSA) is 71.5 Å². The maximum absolute atomic E-state index is 12.6. The van der Waals surface area contributed by atoms with Crippen molar-refractivity contribution in [3.05, 3.63) is 100 Å². The molecule has 4 rings (SSSR count). The highest BCUT2D eigenvalue weighted by atomic mass is 35.5. The molecule has 1 aromatic heterocycles. The zero-order valence-electron chi connectivity index (χ0n) is 17.4. The van der Waals surface area contributed by atoms with Gasteiger partial charge in [0.05, 0.1) is 18.4 Å². The SMILES string of the molecule is COc1ccc(C=Cc2ccc3ccc(C(=O)NCc4ccc(Cl)cc4)c(O)c3n2)cc1. The molecule has 3 aromatic carbocycles.